The number of carbonyl (C=O) groups is 1. The highest BCUT2D eigenvalue weighted by molar-refractivity contribution is 5.90. The van der Waals surface area contributed by atoms with Crippen molar-refractivity contribution >= 4 is 11.8 Å². The van der Waals surface area contributed by atoms with Crippen molar-refractivity contribution in [2.45, 2.75) is 51.7 Å². The van der Waals surface area contributed by atoms with E-state index in [9.17, 15) is 4.79 Å². The molecule has 0 spiro atoms. The van der Waals surface area contributed by atoms with Gasteiger partial charge in [0.1, 0.15) is 5.60 Å². The fourth-order valence-electron chi connectivity index (χ4n) is 3.11. The maximum absolute atomic E-state index is 12.3. The molecule has 1 amide bonds. The summed E-state index contributed by atoms with van der Waals surface area (Å²) in [5.41, 5.74) is 3.16. The monoisotopic (exact) mass is 288 g/mol. The molecule has 1 aromatic rings. The topological polar surface area (TPSA) is 41.6 Å². The number of hydrogen-bond donors (Lipinski definition) is 1. The van der Waals surface area contributed by atoms with E-state index in [1.807, 2.05) is 20.8 Å². The van der Waals surface area contributed by atoms with E-state index in [0.717, 1.165) is 18.7 Å². The number of fused-ring (bicyclic) bond motifs is 1. The number of benzene rings is 1. The molecule has 0 bridgehead atoms. The molecule has 1 aromatic carbocycles. The number of ether oxygens (including phenoxy) is 1. The Bertz CT molecular complexity index is 542. The zero-order valence-electron chi connectivity index (χ0n) is 13.1. The molecule has 0 saturated carbocycles. The molecule has 1 atom stereocenters. The van der Waals surface area contributed by atoms with Gasteiger partial charge in [-0.3, -0.25) is 4.90 Å². The van der Waals surface area contributed by atoms with Crippen LogP contribution in [0.4, 0.5) is 10.5 Å². The molecule has 1 fully saturated rings. The molecule has 114 valence electrons. The number of nitrogens with one attached hydrogen (secondary N) is 1. The first-order chi connectivity index (χ1) is 9.94. The Morgan fingerprint density at radius 2 is 2.19 bits per heavy atom. The third kappa shape index (κ3) is 3.05. The summed E-state index contributed by atoms with van der Waals surface area (Å²) in [7, 11) is 0. The van der Waals surface area contributed by atoms with Crippen LogP contribution in [0.3, 0.4) is 0 Å². The highest BCUT2D eigenvalue weighted by Crippen LogP contribution is 2.33. The Hall–Kier alpha value is -1.55. The fourth-order valence-corrected chi connectivity index (χ4v) is 3.11. The summed E-state index contributed by atoms with van der Waals surface area (Å²) < 4.78 is 5.48. The van der Waals surface area contributed by atoms with E-state index in [-0.39, 0.29) is 6.09 Å². The Morgan fingerprint density at radius 3 is 2.86 bits per heavy atom. The number of anilines is 1. The smallest absolute Gasteiger partial charge is 0.414 e. The van der Waals surface area contributed by atoms with Gasteiger partial charge in [0, 0.05) is 12.6 Å². The van der Waals surface area contributed by atoms with Gasteiger partial charge < -0.3 is 10.1 Å². The van der Waals surface area contributed by atoms with E-state index in [1.54, 1.807) is 4.90 Å². The Morgan fingerprint density at radius 1 is 1.38 bits per heavy atom. The van der Waals surface area contributed by atoms with Gasteiger partial charge in [-0.1, -0.05) is 12.1 Å². The summed E-state index contributed by atoms with van der Waals surface area (Å²) >= 11 is 0. The van der Waals surface area contributed by atoms with E-state index in [1.165, 1.54) is 24.0 Å². The second kappa shape index (κ2) is 5.34. The summed E-state index contributed by atoms with van der Waals surface area (Å²) in [5.74, 6) is 0. The minimum atomic E-state index is -0.451. The predicted octanol–water partition coefficient (Wildman–Crippen LogP) is 3.41. The van der Waals surface area contributed by atoms with Crippen molar-refractivity contribution in [1.82, 2.24) is 5.32 Å². The van der Waals surface area contributed by atoms with Crippen molar-refractivity contribution in [3.63, 3.8) is 0 Å². The van der Waals surface area contributed by atoms with Gasteiger partial charge in [-0.05, 0) is 63.8 Å². The number of amides is 1. The zero-order valence-corrected chi connectivity index (χ0v) is 13.1. The third-order valence-electron chi connectivity index (χ3n) is 4.08. The molecule has 1 saturated heterocycles. The van der Waals surface area contributed by atoms with Crippen molar-refractivity contribution in [3.05, 3.63) is 29.3 Å². The molecule has 2 heterocycles. The quantitative estimate of drug-likeness (QED) is 0.861. The maximum atomic E-state index is 12.3. The molecule has 4 heteroatoms. The standard InChI is InChI=1S/C17H24N2O2/c1-17(2,3)21-16(20)19-10-8-13-11-12(6-7-15(13)19)14-5-4-9-18-14/h6-7,11,14,18H,4-5,8-10H2,1-3H3. The van der Waals surface area contributed by atoms with Crippen LogP contribution in [0, 0.1) is 0 Å². The zero-order chi connectivity index (χ0) is 15.0. The lowest BCUT2D eigenvalue weighted by Crippen LogP contribution is -2.35. The molecule has 4 nitrogen and oxygen atoms in total. The van der Waals surface area contributed by atoms with Crippen LogP contribution in [0.15, 0.2) is 18.2 Å². The lowest BCUT2D eigenvalue weighted by atomic mass is 10.0. The van der Waals surface area contributed by atoms with Crippen molar-refractivity contribution in [1.29, 1.82) is 0 Å². The van der Waals surface area contributed by atoms with Gasteiger partial charge >= 0.3 is 6.09 Å². The first-order valence-electron chi connectivity index (χ1n) is 7.81. The van der Waals surface area contributed by atoms with Gasteiger partial charge in [-0.2, -0.15) is 0 Å². The van der Waals surface area contributed by atoms with E-state index in [4.69, 9.17) is 4.74 Å². The lowest BCUT2D eigenvalue weighted by molar-refractivity contribution is 0.0584. The molecular formula is C17H24N2O2. The van der Waals surface area contributed by atoms with Gasteiger partial charge in [0.05, 0.1) is 5.69 Å². The minimum absolute atomic E-state index is 0.243. The normalized spacial score (nSPS) is 21.5. The number of nitrogens with zero attached hydrogens (tertiary/aromatic N) is 1. The first-order valence-corrected chi connectivity index (χ1v) is 7.81. The van der Waals surface area contributed by atoms with Gasteiger partial charge in [-0.15, -0.1) is 0 Å². The van der Waals surface area contributed by atoms with E-state index in [2.05, 4.69) is 23.5 Å². The van der Waals surface area contributed by atoms with Crippen LogP contribution in [-0.2, 0) is 11.2 Å². The summed E-state index contributed by atoms with van der Waals surface area (Å²) in [6, 6.07) is 6.94. The largest absolute Gasteiger partial charge is 0.443 e. The minimum Gasteiger partial charge on any atom is -0.443 e. The van der Waals surface area contributed by atoms with Crippen LogP contribution in [0.25, 0.3) is 0 Å². The molecule has 21 heavy (non-hydrogen) atoms. The van der Waals surface area contributed by atoms with Crippen molar-refractivity contribution < 1.29 is 9.53 Å². The van der Waals surface area contributed by atoms with Crippen LogP contribution in [0.1, 0.15) is 50.8 Å². The average Bonchev–Trinajstić information content (AvgIpc) is 3.05. The second-order valence-electron chi connectivity index (χ2n) is 6.92. The Kier molecular flexibility index (Phi) is 3.66. The molecule has 0 aliphatic carbocycles. The molecule has 2 aliphatic rings. The Labute approximate surface area is 126 Å². The maximum Gasteiger partial charge on any atom is 0.414 e. The molecule has 3 rings (SSSR count). The van der Waals surface area contributed by atoms with Gasteiger partial charge in [0.2, 0.25) is 0 Å². The number of rotatable bonds is 1. The van der Waals surface area contributed by atoms with Crippen LogP contribution in [0.2, 0.25) is 0 Å². The summed E-state index contributed by atoms with van der Waals surface area (Å²) in [5, 5.41) is 3.52. The van der Waals surface area contributed by atoms with E-state index < -0.39 is 5.60 Å². The average molecular weight is 288 g/mol. The number of carbonyl (C=O) groups excluding carboxylic acids is 1. The van der Waals surface area contributed by atoms with E-state index >= 15 is 0 Å². The molecule has 0 aromatic heterocycles. The highest BCUT2D eigenvalue weighted by Gasteiger charge is 2.29. The van der Waals surface area contributed by atoms with Crippen LogP contribution in [0.5, 0.6) is 0 Å². The SMILES string of the molecule is CC(C)(C)OC(=O)N1CCc2cc(C3CCCN3)ccc21. The van der Waals surface area contributed by atoms with E-state index in [0.29, 0.717) is 12.6 Å². The predicted molar refractivity (Wildman–Crippen MR) is 83.7 cm³/mol. The highest BCUT2D eigenvalue weighted by atomic mass is 16.6. The molecule has 1 N–H and O–H groups in total. The molecule has 0 radical (unpaired) electrons. The molecule has 2 aliphatic heterocycles. The second-order valence-corrected chi connectivity index (χ2v) is 6.92. The van der Waals surface area contributed by atoms with Gasteiger partial charge in [0.25, 0.3) is 0 Å². The first kappa shape index (κ1) is 14.4. The lowest BCUT2D eigenvalue weighted by Gasteiger charge is -2.25. The van der Waals surface area contributed by atoms with Crippen molar-refractivity contribution in [2.24, 2.45) is 0 Å². The van der Waals surface area contributed by atoms with Crippen LogP contribution >= 0.6 is 0 Å². The van der Waals surface area contributed by atoms with Crippen LogP contribution in [-0.4, -0.2) is 24.8 Å². The van der Waals surface area contributed by atoms with Gasteiger partial charge in [0.15, 0.2) is 0 Å². The van der Waals surface area contributed by atoms with Crippen molar-refractivity contribution in [3.8, 4) is 0 Å². The van der Waals surface area contributed by atoms with Crippen molar-refractivity contribution in [2.75, 3.05) is 18.0 Å². The molecule has 1 unspecified atom stereocenters. The van der Waals surface area contributed by atoms with Gasteiger partial charge in [-0.25, -0.2) is 4.79 Å². The summed E-state index contributed by atoms with van der Waals surface area (Å²) in [6.45, 7) is 7.52. The summed E-state index contributed by atoms with van der Waals surface area (Å²) in [4.78, 5) is 14.0. The Balaban J connectivity index is 1.78. The summed E-state index contributed by atoms with van der Waals surface area (Å²) in [6.07, 6.45) is 3.11. The third-order valence-corrected chi connectivity index (χ3v) is 4.08. The molecular weight excluding hydrogens is 264 g/mol. The fraction of sp³-hybridized carbons (Fsp3) is 0.588. The number of hydrogen-bond acceptors (Lipinski definition) is 3. The van der Waals surface area contributed by atoms with Crippen LogP contribution < -0.4 is 10.2 Å².